The maximum Gasteiger partial charge on any atom is 0.501 e. The summed E-state index contributed by atoms with van der Waals surface area (Å²) in [5.41, 5.74) is -6.22. The van der Waals surface area contributed by atoms with E-state index in [9.17, 15) is 62.4 Å². The SMILES string of the molecule is O=C1CN(Cc2ccncc2-c2ccccn2)C(=O)N1c1ccc(S(=O)(=O)C(F)(F)F)cc1.O=C1CN(Cc2ccncc2Cc2ccccc2)C(=O)N1c1ccc(S(=O)(=O)C(F)(F)F)cc1. The van der Waals surface area contributed by atoms with E-state index in [-0.39, 0.29) is 37.6 Å². The summed E-state index contributed by atoms with van der Waals surface area (Å²) in [5.74, 6) is -1.17. The van der Waals surface area contributed by atoms with Crippen LogP contribution in [0.5, 0.6) is 0 Å². The molecule has 5 heterocycles. The molecular formula is C44H33F6N7O8S2. The Morgan fingerprint density at radius 2 is 0.970 bits per heavy atom. The van der Waals surface area contributed by atoms with Crippen LogP contribution in [0.4, 0.5) is 47.3 Å². The van der Waals surface area contributed by atoms with Crippen molar-refractivity contribution < 1.29 is 62.4 Å². The number of alkyl halides is 6. The topological polar surface area (TPSA) is 188 Å². The summed E-state index contributed by atoms with van der Waals surface area (Å²) in [4.78, 5) is 65.7. The van der Waals surface area contributed by atoms with Crippen LogP contribution in [0.1, 0.15) is 22.3 Å². The van der Waals surface area contributed by atoms with Crippen LogP contribution in [-0.2, 0) is 48.8 Å². The molecule has 2 aliphatic heterocycles. The zero-order valence-electron chi connectivity index (χ0n) is 34.3. The third-order valence-electron chi connectivity index (χ3n) is 10.3. The molecule has 8 rings (SSSR count). The number of anilines is 2. The fourth-order valence-corrected chi connectivity index (χ4v) is 8.50. The molecule has 2 aliphatic rings. The Morgan fingerprint density at radius 3 is 1.45 bits per heavy atom. The molecular weight excluding hydrogens is 933 g/mol. The van der Waals surface area contributed by atoms with E-state index in [1.165, 1.54) is 9.80 Å². The van der Waals surface area contributed by atoms with Gasteiger partial charge in [-0.3, -0.25) is 24.5 Å². The molecule has 0 bridgehead atoms. The second kappa shape index (κ2) is 18.8. The van der Waals surface area contributed by atoms with E-state index in [1.807, 2.05) is 30.3 Å². The Balaban J connectivity index is 0.000000199. The standard InChI is InChI=1S/C23H18F3N3O4S.C21H15F3N4O4S/c24-23(25,26)34(32,33)20-8-6-19(7-9-20)29-21(30)15-28(22(29)31)14-17-10-11-27-13-18(17)12-16-4-2-1-3-5-16;22-21(23,24)33(31,32)16-6-4-15(5-7-16)28-19(29)13-27(20(28)30)12-14-8-10-25-11-17(14)18-3-1-2-9-26-18/h1-11,13H,12,14-15H2;1-11H,12-13H2. The number of aromatic nitrogens is 3. The number of carbonyl (C=O) groups excluding carboxylic acids is 4. The van der Waals surface area contributed by atoms with Crippen molar-refractivity contribution in [1.82, 2.24) is 24.8 Å². The number of imide groups is 2. The quantitative estimate of drug-likeness (QED) is 0.0934. The van der Waals surface area contributed by atoms with Gasteiger partial charge in [-0.2, -0.15) is 26.3 Å². The number of urea groups is 2. The normalized spacial score (nSPS) is 14.7. The van der Waals surface area contributed by atoms with Crippen molar-refractivity contribution in [2.24, 2.45) is 0 Å². The molecule has 0 radical (unpaired) electrons. The van der Waals surface area contributed by atoms with Crippen molar-refractivity contribution in [1.29, 1.82) is 0 Å². The summed E-state index contributed by atoms with van der Waals surface area (Å²) in [6.45, 7) is -0.289. The number of hydrogen-bond donors (Lipinski definition) is 0. The smallest absolute Gasteiger partial charge is 0.310 e. The van der Waals surface area contributed by atoms with Gasteiger partial charge in [0.2, 0.25) is 0 Å². The summed E-state index contributed by atoms with van der Waals surface area (Å²) in [7, 11) is -11.1. The van der Waals surface area contributed by atoms with Crippen molar-refractivity contribution in [2.75, 3.05) is 22.9 Å². The Kier molecular flexibility index (Phi) is 13.3. The Hall–Kier alpha value is -7.53. The van der Waals surface area contributed by atoms with Crippen molar-refractivity contribution in [3.63, 3.8) is 0 Å². The van der Waals surface area contributed by atoms with Crippen molar-refractivity contribution >= 4 is 54.9 Å². The lowest BCUT2D eigenvalue weighted by atomic mass is 10.0. The van der Waals surface area contributed by atoms with Gasteiger partial charge in [-0.1, -0.05) is 36.4 Å². The number of nitrogens with zero attached hydrogens (tertiary/aromatic N) is 7. The number of carbonyl (C=O) groups is 4. The molecule has 23 heteroatoms. The van der Waals surface area contributed by atoms with Gasteiger partial charge in [0.15, 0.2) is 0 Å². The number of amides is 6. The van der Waals surface area contributed by atoms with Gasteiger partial charge in [0.05, 0.1) is 26.9 Å². The van der Waals surface area contributed by atoms with E-state index in [2.05, 4.69) is 15.0 Å². The fraction of sp³-hybridized carbons (Fsp3) is 0.159. The Morgan fingerprint density at radius 1 is 0.507 bits per heavy atom. The molecule has 346 valence electrons. The molecule has 6 amide bonds. The van der Waals surface area contributed by atoms with Gasteiger partial charge in [0, 0.05) is 49.6 Å². The molecule has 2 saturated heterocycles. The van der Waals surface area contributed by atoms with Gasteiger partial charge in [-0.15, -0.1) is 0 Å². The minimum Gasteiger partial charge on any atom is -0.310 e. The predicted octanol–water partition coefficient (Wildman–Crippen LogP) is 7.34. The van der Waals surface area contributed by atoms with Crippen molar-refractivity contribution in [2.45, 2.75) is 40.3 Å². The highest BCUT2D eigenvalue weighted by Gasteiger charge is 2.48. The summed E-state index contributed by atoms with van der Waals surface area (Å²) >= 11 is 0. The molecule has 0 saturated carbocycles. The summed E-state index contributed by atoms with van der Waals surface area (Å²) in [6, 6.07) is 24.0. The largest absolute Gasteiger partial charge is 0.501 e. The minimum atomic E-state index is -5.54. The van der Waals surface area contributed by atoms with Crippen LogP contribution in [-0.4, -0.2) is 89.6 Å². The van der Waals surface area contributed by atoms with Gasteiger partial charge in [0.25, 0.3) is 31.5 Å². The fourth-order valence-electron chi connectivity index (χ4n) is 6.98. The molecule has 67 heavy (non-hydrogen) atoms. The third-order valence-corrected chi connectivity index (χ3v) is 13.3. The second-order valence-electron chi connectivity index (χ2n) is 14.7. The number of hydrogen-bond acceptors (Lipinski definition) is 11. The minimum absolute atomic E-state index is 0.0159. The van der Waals surface area contributed by atoms with Crippen LogP contribution in [0.3, 0.4) is 0 Å². The predicted molar refractivity (Wildman–Crippen MR) is 227 cm³/mol. The van der Waals surface area contributed by atoms with Gasteiger partial charge in [0.1, 0.15) is 13.1 Å². The molecule has 2 fully saturated rings. The number of benzene rings is 3. The number of rotatable bonds is 11. The molecule has 15 nitrogen and oxygen atoms in total. The molecule has 0 unspecified atom stereocenters. The number of pyridine rings is 3. The molecule has 0 spiro atoms. The highest BCUT2D eigenvalue weighted by molar-refractivity contribution is 7.92. The first-order valence-electron chi connectivity index (χ1n) is 19.5. The van der Waals surface area contributed by atoms with Crippen LogP contribution in [0.2, 0.25) is 0 Å². The summed E-state index contributed by atoms with van der Waals surface area (Å²) in [5, 5.41) is 0. The third kappa shape index (κ3) is 10.0. The molecule has 0 N–H and O–H groups in total. The lowest BCUT2D eigenvalue weighted by molar-refractivity contribution is -0.117. The highest BCUT2D eigenvalue weighted by atomic mass is 32.2. The first-order valence-corrected chi connectivity index (χ1v) is 22.5. The van der Waals surface area contributed by atoms with Crippen LogP contribution in [0, 0.1) is 0 Å². The maximum absolute atomic E-state index is 12.9. The van der Waals surface area contributed by atoms with Crippen LogP contribution in [0.15, 0.2) is 150 Å². The van der Waals surface area contributed by atoms with Crippen LogP contribution in [0.25, 0.3) is 11.3 Å². The van der Waals surface area contributed by atoms with Crippen molar-refractivity contribution in [3.8, 4) is 11.3 Å². The highest BCUT2D eigenvalue weighted by Crippen LogP contribution is 2.34. The van der Waals surface area contributed by atoms with Crippen molar-refractivity contribution in [3.05, 3.63) is 162 Å². The molecule has 0 atom stereocenters. The van der Waals surface area contributed by atoms with Gasteiger partial charge in [-0.05, 0) is 101 Å². The summed E-state index contributed by atoms with van der Waals surface area (Å²) in [6.07, 6.45) is 8.62. The van der Waals surface area contributed by atoms with E-state index in [1.54, 1.807) is 61.3 Å². The number of halogens is 6. The Bertz CT molecular complexity index is 3060. The number of sulfone groups is 2. The van der Waals surface area contributed by atoms with E-state index in [0.29, 0.717) is 35.4 Å². The summed E-state index contributed by atoms with van der Waals surface area (Å²) < 4.78 is 123. The molecule has 3 aromatic heterocycles. The average Bonchev–Trinajstić information content (AvgIpc) is 3.74. The first kappa shape index (κ1) is 47.4. The van der Waals surface area contributed by atoms with Crippen LogP contribution >= 0.6 is 0 Å². The lowest BCUT2D eigenvalue weighted by Gasteiger charge is -2.19. The van der Waals surface area contributed by atoms with E-state index in [4.69, 9.17) is 0 Å². The van der Waals surface area contributed by atoms with E-state index in [0.717, 1.165) is 62.9 Å². The molecule has 0 aliphatic carbocycles. The van der Waals surface area contributed by atoms with Crippen LogP contribution < -0.4 is 9.80 Å². The first-order chi connectivity index (χ1) is 31.7. The average molecular weight is 966 g/mol. The molecule has 6 aromatic rings. The zero-order chi connectivity index (χ0) is 48.3. The van der Waals surface area contributed by atoms with E-state index < -0.39 is 64.4 Å². The maximum atomic E-state index is 12.9. The lowest BCUT2D eigenvalue weighted by Crippen LogP contribution is -2.33. The van der Waals surface area contributed by atoms with Gasteiger partial charge < -0.3 is 9.80 Å². The van der Waals surface area contributed by atoms with E-state index >= 15 is 0 Å². The van der Waals surface area contributed by atoms with Gasteiger partial charge in [-0.25, -0.2) is 36.2 Å². The monoisotopic (exact) mass is 965 g/mol. The Labute approximate surface area is 377 Å². The van der Waals surface area contributed by atoms with Gasteiger partial charge >= 0.3 is 23.1 Å². The molecule has 3 aromatic carbocycles. The second-order valence-corrected chi connectivity index (χ2v) is 18.6. The zero-order valence-corrected chi connectivity index (χ0v) is 35.9.